The zero-order valence-corrected chi connectivity index (χ0v) is 12.4. The molecular weight excluding hydrogens is 264 g/mol. The number of allylic oxidation sites excluding steroid dienone is 10. The second-order valence-electron chi connectivity index (χ2n) is 4.47. The summed E-state index contributed by atoms with van der Waals surface area (Å²) in [6, 6.07) is 0. The lowest BCUT2D eigenvalue weighted by molar-refractivity contribution is -0.111. The Labute approximate surface area is 126 Å². The summed E-state index contributed by atoms with van der Waals surface area (Å²) in [5, 5.41) is 8.74. The van der Waals surface area contributed by atoms with E-state index < -0.39 is 0 Å². The lowest BCUT2D eigenvalue weighted by atomic mass is 10.0. The number of Topliss-reactive ketones (excluding diaryl/α,β-unsaturated/α-hetero) is 1. The number of carbonyl (C=O) groups is 1. The minimum atomic E-state index is -0.0443. The van der Waals surface area contributed by atoms with E-state index in [1.54, 1.807) is 24.3 Å². The summed E-state index contributed by atoms with van der Waals surface area (Å²) in [7, 11) is 0. The van der Waals surface area contributed by atoms with Crippen LogP contribution >= 0.6 is 0 Å². The number of hydrogen-bond acceptors (Lipinski definition) is 3. The van der Waals surface area contributed by atoms with Gasteiger partial charge in [0.05, 0.1) is 12.4 Å². The molecule has 0 aromatic carbocycles. The van der Waals surface area contributed by atoms with Crippen molar-refractivity contribution in [2.45, 2.75) is 19.8 Å². The first-order valence-electron chi connectivity index (χ1n) is 7.04. The summed E-state index contributed by atoms with van der Waals surface area (Å²) in [5.74, 6) is 0.750. The van der Waals surface area contributed by atoms with Crippen molar-refractivity contribution in [3.63, 3.8) is 0 Å². The summed E-state index contributed by atoms with van der Waals surface area (Å²) >= 11 is 0. The Bertz CT molecular complexity index is 517. The largest absolute Gasteiger partial charge is 0.498 e. The highest BCUT2D eigenvalue weighted by molar-refractivity contribution is 6.12. The minimum absolute atomic E-state index is 0.0443. The molecule has 0 aromatic rings. The van der Waals surface area contributed by atoms with E-state index in [1.807, 2.05) is 31.2 Å². The predicted octanol–water partition coefficient (Wildman–Crippen LogP) is 3.41. The van der Waals surface area contributed by atoms with Crippen molar-refractivity contribution in [1.29, 1.82) is 0 Å². The van der Waals surface area contributed by atoms with Crippen molar-refractivity contribution in [2.75, 3.05) is 13.2 Å². The van der Waals surface area contributed by atoms with Crippen molar-refractivity contribution < 1.29 is 14.6 Å². The van der Waals surface area contributed by atoms with Crippen LogP contribution in [0.3, 0.4) is 0 Å². The number of rotatable bonds is 8. The lowest BCUT2D eigenvalue weighted by Crippen LogP contribution is -2.02. The van der Waals surface area contributed by atoms with Crippen LogP contribution in [0.15, 0.2) is 72.1 Å². The molecule has 0 heterocycles. The summed E-state index contributed by atoms with van der Waals surface area (Å²) in [5.41, 5.74) is 1.21. The van der Waals surface area contributed by atoms with Crippen molar-refractivity contribution in [1.82, 2.24) is 0 Å². The normalized spacial score (nSPS) is 15.4. The Kier molecular flexibility index (Phi) is 7.84. The van der Waals surface area contributed by atoms with Gasteiger partial charge in [0.1, 0.15) is 0 Å². The van der Waals surface area contributed by atoms with Crippen molar-refractivity contribution in [3.8, 4) is 0 Å². The van der Waals surface area contributed by atoms with Crippen LogP contribution in [0.4, 0.5) is 0 Å². The third-order valence-corrected chi connectivity index (χ3v) is 2.82. The topological polar surface area (TPSA) is 46.5 Å². The fraction of sp³-hybridized carbons (Fsp3) is 0.278. The van der Waals surface area contributed by atoms with E-state index in [4.69, 9.17) is 9.84 Å². The van der Waals surface area contributed by atoms with Crippen LogP contribution in [0.25, 0.3) is 0 Å². The summed E-state index contributed by atoms with van der Waals surface area (Å²) < 4.78 is 5.54. The highest BCUT2D eigenvalue weighted by Gasteiger charge is 2.11. The third kappa shape index (κ3) is 5.79. The van der Waals surface area contributed by atoms with E-state index in [0.29, 0.717) is 30.6 Å². The zero-order valence-electron chi connectivity index (χ0n) is 12.4. The molecule has 0 spiro atoms. The zero-order chi connectivity index (χ0) is 15.5. The van der Waals surface area contributed by atoms with Crippen LogP contribution in [0.2, 0.25) is 0 Å². The van der Waals surface area contributed by atoms with E-state index >= 15 is 0 Å². The van der Waals surface area contributed by atoms with Crippen molar-refractivity contribution in [2.24, 2.45) is 0 Å². The molecule has 112 valence electrons. The Hall–Kier alpha value is -2.13. The third-order valence-electron chi connectivity index (χ3n) is 2.82. The number of hydrogen-bond donors (Lipinski definition) is 1. The molecule has 1 N–H and O–H groups in total. The fourth-order valence-electron chi connectivity index (χ4n) is 1.81. The Morgan fingerprint density at radius 1 is 1.48 bits per heavy atom. The molecule has 1 aliphatic carbocycles. The maximum atomic E-state index is 12.4. The van der Waals surface area contributed by atoms with Crippen LogP contribution in [0.5, 0.6) is 0 Å². The van der Waals surface area contributed by atoms with Crippen LogP contribution < -0.4 is 0 Å². The van der Waals surface area contributed by atoms with Crippen molar-refractivity contribution >= 4 is 5.78 Å². The maximum Gasteiger partial charge on any atom is 0.192 e. The standard InChI is InChI=1S/C18H22O3/c1-3-7-15(8-4-2)18(20)16-9-5-10-17(12-11-16)21-14-6-13-19/h3-5,7-9,11-12,19H,1,6,10,13-14H2,2H3/b8-4-,15-7+. The van der Waals surface area contributed by atoms with Gasteiger partial charge < -0.3 is 9.84 Å². The van der Waals surface area contributed by atoms with Gasteiger partial charge in [0.25, 0.3) is 0 Å². The van der Waals surface area contributed by atoms with Crippen molar-refractivity contribution in [3.05, 3.63) is 72.1 Å². The first kappa shape index (κ1) is 16.9. The van der Waals surface area contributed by atoms with Gasteiger partial charge in [-0.15, -0.1) is 0 Å². The molecule has 0 bridgehead atoms. The molecule has 1 aliphatic rings. The van der Waals surface area contributed by atoms with Gasteiger partial charge in [-0.05, 0) is 19.1 Å². The van der Waals surface area contributed by atoms with E-state index in [9.17, 15) is 4.79 Å². The van der Waals surface area contributed by atoms with E-state index in [1.165, 1.54) is 0 Å². The lowest BCUT2D eigenvalue weighted by Gasteiger charge is -2.06. The molecule has 0 aromatic heterocycles. The smallest absolute Gasteiger partial charge is 0.192 e. The quantitative estimate of drug-likeness (QED) is 0.422. The van der Waals surface area contributed by atoms with E-state index in [-0.39, 0.29) is 12.4 Å². The van der Waals surface area contributed by atoms with Crippen LogP contribution in [0, 0.1) is 0 Å². The Morgan fingerprint density at radius 3 is 2.95 bits per heavy atom. The molecule has 3 nitrogen and oxygen atoms in total. The fourth-order valence-corrected chi connectivity index (χ4v) is 1.81. The summed E-state index contributed by atoms with van der Waals surface area (Å²) in [6.45, 7) is 6.09. The molecule has 0 fully saturated rings. The number of ketones is 1. The number of aliphatic hydroxyl groups is 1. The average molecular weight is 286 g/mol. The number of ether oxygens (including phenoxy) is 1. The van der Waals surface area contributed by atoms with E-state index in [2.05, 4.69) is 6.58 Å². The van der Waals surface area contributed by atoms with Gasteiger partial charge in [0.15, 0.2) is 5.78 Å². The SMILES string of the molecule is C=C/C=C(\C=C/C)C(=O)C1=CC=C(OCCCO)CC=C1. The molecule has 0 radical (unpaired) electrons. The van der Waals surface area contributed by atoms with Gasteiger partial charge >= 0.3 is 0 Å². The van der Waals surface area contributed by atoms with Gasteiger partial charge in [-0.25, -0.2) is 0 Å². The Balaban J connectivity index is 2.85. The second-order valence-corrected chi connectivity index (χ2v) is 4.47. The molecule has 0 aliphatic heterocycles. The number of aliphatic hydroxyl groups excluding tert-OH is 1. The molecule has 0 saturated carbocycles. The van der Waals surface area contributed by atoms with Crippen LogP contribution in [0.1, 0.15) is 19.8 Å². The van der Waals surface area contributed by atoms with E-state index in [0.717, 1.165) is 5.76 Å². The average Bonchev–Trinajstić information content (AvgIpc) is 2.72. The van der Waals surface area contributed by atoms with Gasteiger partial charge in [-0.3, -0.25) is 4.79 Å². The monoisotopic (exact) mass is 286 g/mol. The predicted molar refractivity (Wildman–Crippen MR) is 85.7 cm³/mol. The van der Waals surface area contributed by atoms with Crippen LogP contribution in [-0.4, -0.2) is 24.1 Å². The highest BCUT2D eigenvalue weighted by atomic mass is 16.5. The van der Waals surface area contributed by atoms with Gasteiger partial charge in [-0.2, -0.15) is 0 Å². The first-order chi connectivity index (χ1) is 10.2. The molecule has 3 heteroatoms. The Morgan fingerprint density at radius 2 is 2.29 bits per heavy atom. The molecule has 0 saturated heterocycles. The minimum Gasteiger partial charge on any atom is -0.498 e. The molecule has 0 atom stereocenters. The molecule has 21 heavy (non-hydrogen) atoms. The maximum absolute atomic E-state index is 12.4. The van der Waals surface area contributed by atoms with Gasteiger partial charge in [0.2, 0.25) is 0 Å². The summed E-state index contributed by atoms with van der Waals surface area (Å²) in [6.07, 6.45) is 15.4. The highest BCUT2D eigenvalue weighted by Crippen LogP contribution is 2.16. The molecule has 0 amide bonds. The molecule has 0 unspecified atom stereocenters. The second kappa shape index (κ2) is 9.72. The summed E-state index contributed by atoms with van der Waals surface area (Å²) in [4.78, 5) is 12.4. The van der Waals surface area contributed by atoms with Gasteiger partial charge in [0, 0.05) is 30.6 Å². The van der Waals surface area contributed by atoms with Crippen LogP contribution in [-0.2, 0) is 9.53 Å². The molecule has 1 rings (SSSR count). The number of carbonyl (C=O) groups excluding carboxylic acids is 1. The first-order valence-corrected chi connectivity index (χ1v) is 7.04. The van der Waals surface area contributed by atoms with Gasteiger partial charge in [-0.1, -0.05) is 43.0 Å². The molecular formula is C18H22O3.